The fraction of sp³-hybridized carbons (Fsp3) is 0.241. The Morgan fingerprint density at radius 3 is 2.43 bits per heavy atom. The zero-order chi connectivity index (χ0) is 25.9. The molecule has 0 saturated carbocycles. The van der Waals surface area contributed by atoms with Gasteiger partial charge in [-0.05, 0) is 60.0 Å². The van der Waals surface area contributed by atoms with Crippen molar-refractivity contribution in [2.75, 3.05) is 34.5 Å². The van der Waals surface area contributed by atoms with Crippen LogP contribution in [0.4, 0.5) is 0 Å². The molecule has 1 aromatic heterocycles. The minimum absolute atomic E-state index is 0.120. The number of nitrogens with zero attached hydrogens (tertiary/aromatic N) is 1. The molecule has 0 N–H and O–H groups in total. The maximum atomic E-state index is 13.1. The molecule has 1 amide bonds. The summed E-state index contributed by atoms with van der Waals surface area (Å²) in [6, 6.07) is 16.0. The van der Waals surface area contributed by atoms with Gasteiger partial charge in [-0.25, -0.2) is 0 Å². The Morgan fingerprint density at radius 1 is 0.892 bits per heavy atom. The SMILES string of the molecule is COc1cccc(C(=O)c2coc3ccc(OCC(=O)N4CCc5cc(OC)c(OC)cc5C4)cc23)c1. The van der Waals surface area contributed by atoms with E-state index >= 15 is 0 Å². The van der Waals surface area contributed by atoms with Crippen LogP contribution in [0.1, 0.15) is 27.0 Å². The van der Waals surface area contributed by atoms with Crippen molar-refractivity contribution >= 4 is 22.7 Å². The van der Waals surface area contributed by atoms with Crippen molar-refractivity contribution in [2.45, 2.75) is 13.0 Å². The lowest BCUT2D eigenvalue weighted by atomic mass is 9.99. The summed E-state index contributed by atoms with van der Waals surface area (Å²) >= 11 is 0. The second-order valence-corrected chi connectivity index (χ2v) is 8.70. The van der Waals surface area contributed by atoms with E-state index in [4.69, 9.17) is 23.4 Å². The molecule has 0 aliphatic carbocycles. The van der Waals surface area contributed by atoms with E-state index in [-0.39, 0.29) is 18.3 Å². The molecule has 0 spiro atoms. The van der Waals surface area contributed by atoms with Gasteiger partial charge in [0.2, 0.25) is 0 Å². The summed E-state index contributed by atoms with van der Waals surface area (Å²) in [7, 11) is 4.76. The van der Waals surface area contributed by atoms with Crippen molar-refractivity contribution < 1.29 is 33.0 Å². The largest absolute Gasteiger partial charge is 0.497 e. The Kier molecular flexibility index (Phi) is 6.72. The zero-order valence-electron chi connectivity index (χ0n) is 20.9. The third-order valence-electron chi connectivity index (χ3n) is 6.55. The van der Waals surface area contributed by atoms with E-state index in [2.05, 4.69) is 0 Å². The molecule has 0 radical (unpaired) electrons. The van der Waals surface area contributed by atoms with Crippen LogP contribution < -0.4 is 18.9 Å². The van der Waals surface area contributed by atoms with Gasteiger partial charge in [0.15, 0.2) is 23.9 Å². The lowest BCUT2D eigenvalue weighted by Crippen LogP contribution is -2.38. The van der Waals surface area contributed by atoms with Crippen molar-refractivity contribution in [1.29, 1.82) is 0 Å². The average Bonchev–Trinajstić information content (AvgIpc) is 3.37. The number of furan rings is 1. The third kappa shape index (κ3) is 4.82. The smallest absolute Gasteiger partial charge is 0.260 e. The summed E-state index contributed by atoms with van der Waals surface area (Å²) in [4.78, 5) is 27.8. The van der Waals surface area contributed by atoms with Crippen molar-refractivity contribution in [3.63, 3.8) is 0 Å². The van der Waals surface area contributed by atoms with Gasteiger partial charge in [-0.1, -0.05) is 12.1 Å². The maximum absolute atomic E-state index is 13.1. The van der Waals surface area contributed by atoms with Gasteiger partial charge in [0, 0.05) is 24.0 Å². The summed E-state index contributed by atoms with van der Waals surface area (Å²) in [6.45, 7) is 0.938. The molecule has 37 heavy (non-hydrogen) atoms. The highest BCUT2D eigenvalue weighted by atomic mass is 16.5. The number of hydrogen-bond donors (Lipinski definition) is 0. The lowest BCUT2D eigenvalue weighted by Gasteiger charge is -2.29. The van der Waals surface area contributed by atoms with E-state index in [1.807, 2.05) is 12.1 Å². The number of ketones is 1. The van der Waals surface area contributed by atoms with E-state index in [0.29, 0.717) is 58.2 Å². The lowest BCUT2D eigenvalue weighted by molar-refractivity contribution is -0.134. The van der Waals surface area contributed by atoms with Crippen LogP contribution in [0, 0.1) is 0 Å². The number of carbonyl (C=O) groups is 2. The minimum Gasteiger partial charge on any atom is -0.497 e. The Bertz CT molecular complexity index is 1470. The number of hydrogen-bond acceptors (Lipinski definition) is 7. The Balaban J connectivity index is 1.29. The number of amides is 1. The van der Waals surface area contributed by atoms with Crippen LogP contribution in [0.3, 0.4) is 0 Å². The summed E-state index contributed by atoms with van der Waals surface area (Å²) in [6.07, 6.45) is 2.16. The first-order valence-corrected chi connectivity index (χ1v) is 11.8. The second-order valence-electron chi connectivity index (χ2n) is 8.70. The molecule has 0 saturated heterocycles. The van der Waals surface area contributed by atoms with Gasteiger partial charge < -0.3 is 28.3 Å². The minimum atomic E-state index is -0.190. The number of ether oxygens (including phenoxy) is 4. The molecular formula is C29H27NO7. The van der Waals surface area contributed by atoms with Gasteiger partial charge in [-0.3, -0.25) is 9.59 Å². The molecule has 8 heteroatoms. The van der Waals surface area contributed by atoms with Crippen molar-refractivity contribution in [2.24, 2.45) is 0 Å². The van der Waals surface area contributed by atoms with E-state index in [0.717, 1.165) is 17.5 Å². The van der Waals surface area contributed by atoms with E-state index in [9.17, 15) is 9.59 Å². The van der Waals surface area contributed by atoms with Crippen LogP contribution in [-0.2, 0) is 17.8 Å². The topological polar surface area (TPSA) is 87.4 Å². The van der Waals surface area contributed by atoms with Crippen LogP contribution in [0.15, 0.2) is 65.3 Å². The average molecular weight is 502 g/mol. The van der Waals surface area contributed by atoms with E-state index < -0.39 is 0 Å². The molecule has 3 aromatic carbocycles. The van der Waals surface area contributed by atoms with Crippen LogP contribution in [0.2, 0.25) is 0 Å². The highest BCUT2D eigenvalue weighted by Gasteiger charge is 2.23. The fourth-order valence-corrected chi connectivity index (χ4v) is 4.53. The molecule has 1 aliphatic heterocycles. The Hall–Kier alpha value is -4.46. The van der Waals surface area contributed by atoms with Gasteiger partial charge in [0.25, 0.3) is 5.91 Å². The van der Waals surface area contributed by atoms with Crippen molar-refractivity contribution in [1.82, 2.24) is 4.90 Å². The highest BCUT2D eigenvalue weighted by Crippen LogP contribution is 2.33. The number of benzene rings is 3. The molecule has 1 aliphatic rings. The number of rotatable bonds is 8. The second kappa shape index (κ2) is 10.3. The molecule has 0 atom stereocenters. The van der Waals surface area contributed by atoms with Gasteiger partial charge >= 0.3 is 0 Å². The normalized spacial score (nSPS) is 12.7. The summed E-state index contributed by atoms with van der Waals surface area (Å²) < 4.78 is 27.5. The van der Waals surface area contributed by atoms with Crippen molar-refractivity contribution in [3.05, 3.63) is 83.1 Å². The molecule has 190 valence electrons. The van der Waals surface area contributed by atoms with Gasteiger partial charge in [-0.2, -0.15) is 0 Å². The molecule has 0 bridgehead atoms. The Morgan fingerprint density at radius 2 is 1.68 bits per heavy atom. The number of fused-ring (bicyclic) bond motifs is 2. The first-order chi connectivity index (χ1) is 18.0. The quantitative estimate of drug-likeness (QED) is 0.325. The molecule has 2 heterocycles. The van der Waals surface area contributed by atoms with Crippen LogP contribution in [0.25, 0.3) is 11.0 Å². The zero-order valence-corrected chi connectivity index (χ0v) is 20.9. The predicted octanol–water partition coefficient (Wildman–Crippen LogP) is 4.65. The predicted molar refractivity (Wildman–Crippen MR) is 137 cm³/mol. The molecule has 5 rings (SSSR count). The van der Waals surface area contributed by atoms with Crippen LogP contribution in [-0.4, -0.2) is 51.1 Å². The van der Waals surface area contributed by atoms with E-state index in [1.54, 1.807) is 68.7 Å². The van der Waals surface area contributed by atoms with Crippen LogP contribution >= 0.6 is 0 Å². The number of methoxy groups -OCH3 is 3. The molecule has 4 aromatic rings. The maximum Gasteiger partial charge on any atom is 0.260 e. The highest BCUT2D eigenvalue weighted by molar-refractivity contribution is 6.16. The summed E-state index contributed by atoms with van der Waals surface area (Å²) in [5, 5.41) is 0.616. The van der Waals surface area contributed by atoms with Gasteiger partial charge in [0.05, 0.1) is 26.9 Å². The monoisotopic (exact) mass is 501 g/mol. The third-order valence-corrected chi connectivity index (χ3v) is 6.55. The Labute approximate surface area is 214 Å². The molecule has 8 nitrogen and oxygen atoms in total. The van der Waals surface area contributed by atoms with E-state index in [1.165, 1.54) is 6.26 Å². The van der Waals surface area contributed by atoms with Crippen molar-refractivity contribution in [3.8, 4) is 23.0 Å². The first kappa shape index (κ1) is 24.2. The summed E-state index contributed by atoms with van der Waals surface area (Å²) in [5.74, 6) is 2.08. The van der Waals surface area contributed by atoms with Gasteiger partial charge in [-0.15, -0.1) is 0 Å². The number of carbonyl (C=O) groups excluding carboxylic acids is 2. The van der Waals surface area contributed by atoms with Crippen LogP contribution in [0.5, 0.6) is 23.0 Å². The standard InChI is InChI=1S/C29H27NO7/c1-33-21-6-4-5-19(11-21)29(32)24-16-37-25-8-7-22(14-23(24)25)36-17-28(31)30-10-9-18-12-26(34-2)27(35-3)13-20(18)15-30/h4-8,11-14,16H,9-10,15,17H2,1-3H3. The molecule has 0 unspecified atom stereocenters. The molecule has 0 fully saturated rings. The first-order valence-electron chi connectivity index (χ1n) is 11.8. The summed E-state index contributed by atoms with van der Waals surface area (Å²) in [5.41, 5.74) is 3.63. The molecular weight excluding hydrogens is 474 g/mol. The van der Waals surface area contributed by atoms with Gasteiger partial charge in [0.1, 0.15) is 23.3 Å². The fourth-order valence-electron chi connectivity index (χ4n) is 4.53.